The lowest BCUT2D eigenvalue weighted by Gasteiger charge is -2.26. The third kappa shape index (κ3) is 4.83. The number of para-hydroxylation sites is 1. The first-order valence-electron chi connectivity index (χ1n) is 8.73. The summed E-state index contributed by atoms with van der Waals surface area (Å²) in [5, 5.41) is 3.63. The van der Waals surface area contributed by atoms with Crippen molar-refractivity contribution in [2.24, 2.45) is 0 Å². The Morgan fingerprint density at radius 1 is 1.04 bits per heavy atom. The number of benzene rings is 2. The maximum absolute atomic E-state index is 12.9. The van der Waals surface area contributed by atoms with Crippen LogP contribution in [0.2, 0.25) is 5.02 Å². The van der Waals surface area contributed by atoms with Gasteiger partial charge in [0.25, 0.3) is 5.91 Å². The molecule has 0 saturated heterocycles. The molecule has 1 heterocycles. The lowest BCUT2D eigenvalue weighted by atomic mass is 10.1. The van der Waals surface area contributed by atoms with Crippen molar-refractivity contribution in [2.45, 2.75) is 26.4 Å². The molecule has 0 aliphatic carbocycles. The van der Waals surface area contributed by atoms with Gasteiger partial charge in [-0.05, 0) is 31.5 Å². The number of halogens is 1. The Hall–Kier alpha value is -2.92. The highest BCUT2D eigenvalue weighted by Gasteiger charge is 2.20. The number of hydrogen-bond donors (Lipinski definition) is 1. The summed E-state index contributed by atoms with van der Waals surface area (Å²) in [6, 6.07) is 17.3. The predicted molar refractivity (Wildman–Crippen MR) is 108 cm³/mol. The van der Waals surface area contributed by atoms with Gasteiger partial charge in [0.05, 0.1) is 16.3 Å². The monoisotopic (exact) mass is 380 g/mol. The van der Waals surface area contributed by atoms with Crippen LogP contribution in [0.1, 0.15) is 29.8 Å². The van der Waals surface area contributed by atoms with Crippen molar-refractivity contribution in [2.75, 3.05) is 5.32 Å². The molecular formula is C21H21ClN4O. The average Bonchev–Trinajstić information content (AvgIpc) is 2.68. The second kappa shape index (κ2) is 8.64. The number of aromatic nitrogens is 2. The Morgan fingerprint density at radius 3 is 2.30 bits per heavy atom. The minimum absolute atomic E-state index is 0.0543. The van der Waals surface area contributed by atoms with E-state index in [2.05, 4.69) is 15.3 Å². The fraction of sp³-hybridized carbons (Fsp3) is 0.190. The Kier molecular flexibility index (Phi) is 6.04. The Balaban J connectivity index is 1.74. The van der Waals surface area contributed by atoms with Gasteiger partial charge in [0.1, 0.15) is 0 Å². The zero-order valence-electron chi connectivity index (χ0n) is 15.3. The van der Waals surface area contributed by atoms with Crippen LogP contribution in [-0.4, -0.2) is 26.8 Å². The van der Waals surface area contributed by atoms with Gasteiger partial charge in [-0.25, -0.2) is 9.97 Å². The van der Waals surface area contributed by atoms with Crippen molar-refractivity contribution in [1.29, 1.82) is 0 Å². The van der Waals surface area contributed by atoms with Gasteiger partial charge in [-0.3, -0.25) is 4.79 Å². The Bertz CT molecular complexity index is 898. The smallest absolute Gasteiger partial charge is 0.257 e. The number of amides is 1. The fourth-order valence-electron chi connectivity index (χ4n) is 2.62. The number of carbonyl (C=O) groups excluding carboxylic acids is 1. The summed E-state index contributed by atoms with van der Waals surface area (Å²) in [5.41, 5.74) is 2.24. The third-order valence-electron chi connectivity index (χ3n) is 4.10. The van der Waals surface area contributed by atoms with Crippen LogP contribution in [0.4, 0.5) is 11.6 Å². The highest BCUT2D eigenvalue weighted by Crippen LogP contribution is 2.23. The largest absolute Gasteiger partial charge is 0.332 e. The molecule has 3 aromatic rings. The van der Waals surface area contributed by atoms with Crippen LogP contribution in [-0.2, 0) is 6.54 Å². The summed E-state index contributed by atoms with van der Waals surface area (Å²) in [7, 11) is 0. The highest BCUT2D eigenvalue weighted by molar-refractivity contribution is 6.33. The van der Waals surface area contributed by atoms with Gasteiger partial charge in [0.2, 0.25) is 5.95 Å². The van der Waals surface area contributed by atoms with Gasteiger partial charge in [-0.15, -0.1) is 0 Å². The van der Waals surface area contributed by atoms with Gasteiger partial charge in [0, 0.05) is 25.0 Å². The molecule has 1 amide bonds. The van der Waals surface area contributed by atoms with E-state index in [4.69, 9.17) is 11.6 Å². The zero-order chi connectivity index (χ0) is 19.2. The van der Waals surface area contributed by atoms with Gasteiger partial charge in [-0.2, -0.15) is 0 Å². The molecule has 0 unspecified atom stereocenters. The number of nitrogens with one attached hydrogen (secondary N) is 1. The van der Waals surface area contributed by atoms with Crippen molar-refractivity contribution in [1.82, 2.24) is 14.9 Å². The molecular weight excluding hydrogens is 360 g/mol. The van der Waals surface area contributed by atoms with Crippen LogP contribution in [0, 0.1) is 0 Å². The quantitative estimate of drug-likeness (QED) is 0.659. The minimum Gasteiger partial charge on any atom is -0.332 e. The second-order valence-electron chi connectivity index (χ2n) is 6.41. The molecule has 1 aromatic heterocycles. The van der Waals surface area contributed by atoms with Crippen molar-refractivity contribution in [3.8, 4) is 0 Å². The van der Waals surface area contributed by atoms with Crippen LogP contribution < -0.4 is 5.32 Å². The van der Waals surface area contributed by atoms with Crippen molar-refractivity contribution >= 4 is 29.1 Å². The molecule has 3 rings (SSSR count). The maximum atomic E-state index is 12.9. The lowest BCUT2D eigenvalue weighted by molar-refractivity contribution is 0.0689. The molecule has 0 atom stereocenters. The summed E-state index contributed by atoms with van der Waals surface area (Å²) in [6.45, 7) is 4.53. The Labute approximate surface area is 164 Å². The molecule has 138 valence electrons. The van der Waals surface area contributed by atoms with Crippen LogP contribution in [0.25, 0.3) is 0 Å². The van der Waals surface area contributed by atoms with Crippen molar-refractivity contribution in [3.63, 3.8) is 0 Å². The molecule has 0 saturated carbocycles. The van der Waals surface area contributed by atoms with Crippen LogP contribution in [0.3, 0.4) is 0 Å². The first-order valence-corrected chi connectivity index (χ1v) is 9.11. The van der Waals surface area contributed by atoms with Crippen LogP contribution in [0.5, 0.6) is 0 Å². The standard InChI is InChI=1S/C21H21ClN4O/c1-15(2)26(14-16-8-4-3-5-9-16)20(27)17-12-23-21(24-13-17)25-19-11-7-6-10-18(19)22/h3-13,15H,14H2,1-2H3,(H,23,24,25). The molecule has 0 radical (unpaired) electrons. The predicted octanol–water partition coefficient (Wildman–Crippen LogP) is 4.92. The first-order chi connectivity index (χ1) is 13.0. The van der Waals surface area contributed by atoms with E-state index in [0.29, 0.717) is 28.8 Å². The number of anilines is 2. The molecule has 0 fully saturated rings. The van der Waals surface area contributed by atoms with Gasteiger partial charge < -0.3 is 10.2 Å². The van der Waals surface area contributed by atoms with E-state index in [9.17, 15) is 4.79 Å². The number of rotatable bonds is 6. The molecule has 6 heteroatoms. The topological polar surface area (TPSA) is 58.1 Å². The van der Waals surface area contributed by atoms with Gasteiger partial charge in [-0.1, -0.05) is 54.1 Å². The van der Waals surface area contributed by atoms with Crippen LogP contribution >= 0.6 is 11.6 Å². The number of hydrogen-bond acceptors (Lipinski definition) is 4. The van der Waals surface area contributed by atoms with Gasteiger partial charge >= 0.3 is 0 Å². The summed E-state index contributed by atoms with van der Waals surface area (Å²) in [4.78, 5) is 23.2. The molecule has 0 aliphatic rings. The van der Waals surface area contributed by atoms with E-state index >= 15 is 0 Å². The fourth-order valence-corrected chi connectivity index (χ4v) is 2.80. The maximum Gasteiger partial charge on any atom is 0.257 e. The molecule has 0 bridgehead atoms. The third-order valence-corrected chi connectivity index (χ3v) is 4.43. The lowest BCUT2D eigenvalue weighted by Crippen LogP contribution is -2.36. The Morgan fingerprint density at radius 2 is 1.67 bits per heavy atom. The summed E-state index contributed by atoms with van der Waals surface area (Å²) in [5.74, 6) is 0.289. The molecule has 2 aromatic carbocycles. The van der Waals surface area contributed by atoms with E-state index in [1.807, 2.05) is 62.4 Å². The average molecular weight is 381 g/mol. The molecule has 1 N–H and O–H groups in total. The zero-order valence-corrected chi connectivity index (χ0v) is 16.0. The molecule has 5 nitrogen and oxygen atoms in total. The number of nitrogens with zero attached hydrogens (tertiary/aromatic N) is 3. The van der Waals surface area contributed by atoms with E-state index < -0.39 is 0 Å². The van der Waals surface area contributed by atoms with Crippen LogP contribution in [0.15, 0.2) is 67.0 Å². The second-order valence-corrected chi connectivity index (χ2v) is 6.82. The van der Waals surface area contributed by atoms with Gasteiger partial charge in [0.15, 0.2) is 0 Å². The van der Waals surface area contributed by atoms with E-state index in [-0.39, 0.29) is 11.9 Å². The normalized spacial score (nSPS) is 10.7. The molecule has 0 spiro atoms. The summed E-state index contributed by atoms with van der Waals surface area (Å²) in [6.07, 6.45) is 3.07. The minimum atomic E-state index is -0.0989. The van der Waals surface area contributed by atoms with E-state index in [1.54, 1.807) is 11.0 Å². The first kappa shape index (κ1) is 18.9. The van der Waals surface area contributed by atoms with E-state index in [1.165, 1.54) is 12.4 Å². The SMILES string of the molecule is CC(C)N(Cc1ccccc1)C(=O)c1cnc(Nc2ccccc2Cl)nc1. The van der Waals surface area contributed by atoms with Crippen molar-refractivity contribution in [3.05, 3.63) is 83.1 Å². The number of carbonyl (C=O) groups is 1. The summed E-state index contributed by atoms with van der Waals surface area (Å²) >= 11 is 6.13. The van der Waals surface area contributed by atoms with E-state index in [0.717, 1.165) is 5.56 Å². The summed E-state index contributed by atoms with van der Waals surface area (Å²) < 4.78 is 0. The molecule has 27 heavy (non-hydrogen) atoms. The molecule has 0 aliphatic heterocycles. The highest BCUT2D eigenvalue weighted by atomic mass is 35.5. The van der Waals surface area contributed by atoms with Crippen molar-refractivity contribution < 1.29 is 4.79 Å².